The molecule has 2 aromatic heterocycles. The van der Waals surface area contributed by atoms with E-state index in [1.54, 1.807) is 36.0 Å². The maximum Gasteiger partial charge on any atom is 0.211 e. The van der Waals surface area contributed by atoms with E-state index in [4.69, 9.17) is 0 Å². The highest BCUT2D eigenvalue weighted by atomic mass is 32.1. The molecule has 0 radical (unpaired) electrons. The fraction of sp³-hybridized carbons (Fsp3) is 0. The number of halogens is 3. The first-order chi connectivity index (χ1) is 13.6. The minimum atomic E-state index is -0.791. The first kappa shape index (κ1) is 18.0. The Balaban J connectivity index is 1.89. The van der Waals surface area contributed by atoms with E-state index >= 15 is 0 Å². The summed E-state index contributed by atoms with van der Waals surface area (Å²) in [5, 5.41) is 6.07. The second-order valence-corrected chi connectivity index (χ2v) is 6.61. The minimum Gasteiger partial charge on any atom is -0.360 e. The average Bonchev–Trinajstić information content (AvgIpc) is 3.33. The lowest BCUT2D eigenvalue weighted by Gasteiger charge is -2.04. The van der Waals surface area contributed by atoms with Crippen LogP contribution in [0.5, 0.6) is 0 Å². The van der Waals surface area contributed by atoms with E-state index in [0.717, 1.165) is 17.8 Å². The molecule has 0 bridgehead atoms. The Labute approximate surface area is 162 Å². The van der Waals surface area contributed by atoms with Crippen LogP contribution in [0.1, 0.15) is 5.69 Å². The van der Waals surface area contributed by atoms with Crippen LogP contribution in [0.3, 0.4) is 0 Å². The van der Waals surface area contributed by atoms with Crippen LogP contribution in [0.25, 0.3) is 11.3 Å². The summed E-state index contributed by atoms with van der Waals surface area (Å²) in [5.74, 6) is -1.89. The molecule has 0 aliphatic rings. The Kier molecular flexibility index (Phi) is 4.94. The van der Waals surface area contributed by atoms with Crippen molar-refractivity contribution in [2.45, 2.75) is 0 Å². The summed E-state index contributed by atoms with van der Waals surface area (Å²) in [6.07, 6.45) is 3.30. The number of aromatic nitrogens is 2. The highest BCUT2D eigenvalue weighted by Gasteiger charge is 2.12. The van der Waals surface area contributed by atoms with Gasteiger partial charge in [0.05, 0.1) is 17.6 Å². The molecule has 4 nitrogen and oxygen atoms in total. The van der Waals surface area contributed by atoms with Gasteiger partial charge in [0, 0.05) is 23.2 Å². The smallest absolute Gasteiger partial charge is 0.211 e. The molecular weight excluding hydrogens is 385 g/mol. The van der Waals surface area contributed by atoms with Crippen molar-refractivity contribution < 1.29 is 13.2 Å². The van der Waals surface area contributed by atoms with Crippen molar-refractivity contribution in [1.82, 2.24) is 9.66 Å². The second-order valence-electron chi connectivity index (χ2n) is 5.77. The molecule has 0 atom stereocenters. The van der Waals surface area contributed by atoms with Crippen LogP contribution in [-0.4, -0.2) is 15.9 Å². The molecule has 28 heavy (non-hydrogen) atoms. The van der Waals surface area contributed by atoms with Gasteiger partial charge in [0.15, 0.2) is 5.82 Å². The van der Waals surface area contributed by atoms with Crippen LogP contribution in [0.2, 0.25) is 0 Å². The normalized spacial score (nSPS) is 12.2. The first-order valence-electron chi connectivity index (χ1n) is 8.25. The molecule has 2 heterocycles. The topological polar surface area (TPSA) is 45.4 Å². The molecule has 0 aliphatic heterocycles. The van der Waals surface area contributed by atoms with Crippen molar-refractivity contribution in [3.8, 4) is 11.3 Å². The lowest BCUT2D eigenvalue weighted by molar-refractivity contribution is 0.584. The van der Waals surface area contributed by atoms with Gasteiger partial charge in [-0.3, -0.25) is 0 Å². The molecule has 4 rings (SSSR count). The average molecular weight is 398 g/mol. The third kappa shape index (κ3) is 3.67. The number of aromatic amines is 1. The summed E-state index contributed by atoms with van der Waals surface area (Å²) < 4.78 is 42.9. The van der Waals surface area contributed by atoms with E-state index in [9.17, 15) is 13.2 Å². The third-order valence-corrected chi connectivity index (χ3v) is 4.71. The van der Waals surface area contributed by atoms with Crippen molar-refractivity contribution in [2.24, 2.45) is 10.1 Å². The maximum absolute atomic E-state index is 14.3. The van der Waals surface area contributed by atoms with E-state index < -0.39 is 17.5 Å². The molecule has 0 aliphatic carbocycles. The molecule has 0 amide bonds. The minimum absolute atomic E-state index is 0.0350. The molecule has 8 heteroatoms. The molecule has 140 valence electrons. The number of H-pyrrole nitrogens is 1. The SMILES string of the molecule is Fc1ccc(N=c2scc(-c3ccccc3F)n2N=Cc2ccc[nH]2)c(F)c1. The van der Waals surface area contributed by atoms with Crippen LogP contribution in [0.4, 0.5) is 18.9 Å². The zero-order chi connectivity index (χ0) is 19.5. The van der Waals surface area contributed by atoms with E-state index in [1.807, 2.05) is 12.1 Å². The van der Waals surface area contributed by atoms with E-state index in [1.165, 1.54) is 28.1 Å². The third-order valence-electron chi connectivity index (χ3n) is 3.90. The summed E-state index contributed by atoms with van der Waals surface area (Å²) in [6, 6.07) is 13.0. The number of hydrogen-bond donors (Lipinski definition) is 1. The van der Waals surface area contributed by atoms with Crippen LogP contribution in [0.15, 0.2) is 76.3 Å². The lowest BCUT2D eigenvalue weighted by Crippen LogP contribution is -2.12. The number of nitrogens with one attached hydrogen (secondary N) is 1. The van der Waals surface area contributed by atoms with E-state index in [2.05, 4.69) is 15.1 Å². The van der Waals surface area contributed by atoms with Crippen LogP contribution < -0.4 is 4.80 Å². The predicted molar refractivity (Wildman–Crippen MR) is 103 cm³/mol. The fourth-order valence-corrected chi connectivity index (χ4v) is 3.40. The number of nitrogens with zero attached hydrogens (tertiary/aromatic N) is 3. The van der Waals surface area contributed by atoms with Gasteiger partial charge in [-0.2, -0.15) is 5.10 Å². The van der Waals surface area contributed by atoms with Crippen LogP contribution in [-0.2, 0) is 0 Å². The van der Waals surface area contributed by atoms with Crippen molar-refractivity contribution in [3.63, 3.8) is 0 Å². The Hall–Kier alpha value is -3.39. The van der Waals surface area contributed by atoms with Gasteiger partial charge in [0.1, 0.15) is 17.3 Å². The molecule has 0 unspecified atom stereocenters. The summed E-state index contributed by atoms with van der Waals surface area (Å²) in [6.45, 7) is 0. The molecule has 4 aromatic rings. The Morgan fingerprint density at radius 2 is 1.82 bits per heavy atom. The summed E-state index contributed by atoms with van der Waals surface area (Å²) >= 11 is 1.17. The number of rotatable bonds is 4. The van der Waals surface area contributed by atoms with Gasteiger partial charge in [0.2, 0.25) is 4.80 Å². The standard InChI is InChI=1S/C20H13F3N4S/c21-13-7-8-18(17(23)10-13)26-20-27(25-11-14-4-3-9-24-14)19(12-28-20)15-5-1-2-6-16(15)22/h1-12,24H. The van der Waals surface area contributed by atoms with Crippen molar-refractivity contribution in [3.05, 3.63) is 94.1 Å². The number of thiazole rings is 1. The zero-order valence-corrected chi connectivity index (χ0v) is 15.1. The Bertz CT molecular complexity index is 1210. The van der Waals surface area contributed by atoms with Gasteiger partial charge >= 0.3 is 0 Å². The van der Waals surface area contributed by atoms with Gasteiger partial charge in [-0.05, 0) is 36.4 Å². The van der Waals surface area contributed by atoms with Crippen LogP contribution >= 0.6 is 11.3 Å². The summed E-state index contributed by atoms with van der Waals surface area (Å²) in [5.41, 5.74) is 1.50. The van der Waals surface area contributed by atoms with Crippen molar-refractivity contribution in [2.75, 3.05) is 0 Å². The Morgan fingerprint density at radius 1 is 0.964 bits per heavy atom. The quantitative estimate of drug-likeness (QED) is 0.466. The predicted octanol–water partition coefficient (Wildman–Crippen LogP) is 5.08. The van der Waals surface area contributed by atoms with Gasteiger partial charge in [-0.15, -0.1) is 11.3 Å². The molecule has 1 N–H and O–H groups in total. The van der Waals surface area contributed by atoms with Crippen molar-refractivity contribution in [1.29, 1.82) is 0 Å². The number of hydrogen-bond acceptors (Lipinski definition) is 3. The summed E-state index contributed by atoms with van der Waals surface area (Å²) in [4.78, 5) is 7.55. The highest BCUT2D eigenvalue weighted by Crippen LogP contribution is 2.24. The monoisotopic (exact) mass is 398 g/mol. The van der Waals surface area contributed by atoms with Crippen molar-refractivity contribution >= 4 is 23.2 Å². The lowest BCUT2D eigenvalue weighted by atomic mass is 10.1. The van der Waals surface area contributed by atoms with Crippen LogP contribution in [0, 0.1) is 17.5 Å². The molecular formula is C20H13F3N4S. The zero-order valence-electron chi connectivity index (χ0n) is 14.3. The number of benzene rings is 2. The maximum atomic E-state index is 14.3. The second kappa shape index (κ2) is 7.69. The Morgan fingerprint density at radius 3 is 2.57 bits per heavy atom. The first-order valence-corrected chi connectivity index (χ1v) is 9.13. The summed E-state index contributed by atoms with van der Waals surface area (Å²) in [7, 11) is 0. The molecule has 0 saturated heterocycles. The van der Waals surface area contributed by atoms with E-state index in [-0.39, 0.29) is 5.69 Å². The van der Waals surface area contributed by atoms with Gasteiger partial charge in [-0.1, -0.05) is 12.1 Å². The van der Waals surface area contributed by atoms with Gasteiger partial charge in [-0.25, -0.2) is 22.8 Å². The fourth-order valence-electron chi connectivity index (χ4n) is 2.56. The molecule has 0 saturated carbocycles. The van der Waals surface area contributed by atoms with Gasteiger partial charge in [0.25, 0.3) is 0 Å². The molecule has 2 aromatic carbocycles. The van der Waals surface area contributed by atoms with Gasteiger partial charge < -0.3 is 4.98 Å². The highest BCUT2D eigenvalue weighted by molar-refractivity contribution is 7.07. The van der Waals surface area contributed by atoms with E-state index in [0.29, 0.717) is 16.1 Å². The largest absolute Gasteiger partial charge is 0.360 e. The molecule has 0 spiro atoms. The molecule has 0 fully saturated rings.